The van der Waals surface area contributed by atoms with E-state index in [0.29, 0.717) is 16.0 Å². The van der Waals surface area contributed by atoms with Crippen LogP contribution >= 0.6 is 23.4 Å². The van der Waals surface area contributed by atoms with Gasteiger partial charge in [0.25, 0.3) is 0 Å². The molecule has 1 rings (SSSR count). The summed E-state index contributed by atoms with van der Waals surface area (Å²) in [4.78, 5) is 20.3. The molecule has 0 bridgehead atoms. The average molecular weight is 317 g/mol. The third-order valence-corrected chi connectivity index (χ3v) is 3.18. The number of esters is 1. The largest absolute Gasteiger partial charge is 0.459 e. The molecule has 6 heteroatoms. The van der Waals surface area contributed by atoms with Crippen LogP contribution in [0.5, 0.6) is 0 Å². The zero-order valence-corrected chi connectivity index (χ0v) is 14.4. The van der Waals surface area contributed by atoms with Crippen molar-refractivity contribution in [2.45, 2.75) is 57.6 Å². The van der Waals surface area contributed by atoms with Gasteiger partial charge in [0.2, 0.25) is 0 Å². The third-order valence-electron chi connectivity index (χ3n) is 2.10. The van der Waals surface area contributed by atoms with Gasteiger partial charge in [0, 0.05) is 11.5 Å². The van der Waals surface area contributed by atoms with Crippen molar-refractivity contribution in [3.05, 3.63) is 17.0 Å². The quantitative estimate of drug-likeness (QED) is 0.481. The summed E-state index contributed by atoms with van der Waals surface area (Å²) in [5.41, 5.74) is -0.663. The second kappa shape index (κ2) is 6.31. The standard InChI is InChI=1S/C14H21ClN2O2S/c1-13(2,3)12-16-9(15)7-10(17-12)20-8-11(18)19-14(4,5)6/h7H,8H2,1-6H3. The van der Waals surface area contributed by atoms with Crippen molar-refractivity contribution < 1.29 is 9.53 Å². The molecule has 4 nitrogen and oxygen atoms in total. The summed E-state index contributed by atoms with van der Waals surface area (Å²) in [7, 11) is 0. The lowest BCUT2D eigenvalue weighted by molar-refractivity contribution is -0.151. The second-order valence-electron chi connectivity index (χ2n) is 6.48. The molecule has 0 unspecified atom stereocenters. The molecule has 0 aromatic carbocycles. The number of nitrogens with zero attached hydrogens (tertiary/aromatic N) is 2. The Balaban J connectivity index is 2.74. The average Bonchev–Trinajstić information content (AvgIpc) is 2.22. The first-order valence-electron chi connectivity index (χ1n) is 6.37. The van der Waals surface area contributed by atoms with Gasteiger partial charge in [-0.15, -0.1) is 0 Å². The van der Waals surface area contributed by atoms with Gasteiger partial charge in [0.05, 0.1) is 5.75 Å². The van der Waals surface area contributed by atoms with E-state index in [1.54, 1.807) is 6.07 Å². The van der Waals surface area contributed by atoms with Crippen LogP contribution in [0.25, 0.3) is 0 Å². The molecule has 0 saturated carbocycles. The lowest BCUT2D eigenvalue weighted by Crippen LogP contribution is -2.25. The zero-order chi connectivity index (χ0) is 15.6. The van der Waals surface area contributed by atoms with Crippen LogP contribution in [0.15, 0.2) is 11.1 Å². The first kappa shape index (κ1) is 17.2. The molecule has 1 aromatic heterocycles. The summed E-state index contributed by atoms with van der Waals surface area (Å²) in [6.07, 6.45) is 0. The number of carbonyl (C=O) groups is 1. The van der Waals surface area contributed by atoms with Gasteiger partial charge in [-0.3, -0.25) is 4.79 Å². The Hall–Kier alpha value is -0.810. The van der Waals surface area contributed by atoms with Gasteiger partial charge in [-0.25, -0.2) is 9.97 Å². The fraction of sp³-hybridized carbons (Fsp3) is 0.643. The van der Waals surface area contributed by atoms with Crippen LogP contribution in [0.2, 0.25) is 5.15 Å². The van der Waals surface area contributed by atoms with Gasteiger partial charge in [0.1, 0.15) is 21.6 Å². The highest BCUT2D eigenvalue weighted by molar-refractivity contribution is 7.99. The van der Waals surface area contributed by atoms with Crippen molar-refractivity contribution in [2.75, 3.05) is 5.75 Å². The van der Waals surface area contributed by atoms with Gasteiger partial charge in [-0.05, 0) is 20.8 Å². The number of carbonyl (C=O) groups excluding carboxylic acids is 1. The van der Waals surface area contributed by atoms with Crippen molar-refractivity contribution >= 4 is 29.3 Å². The van der Waals surface area contributed by atoms with E-state index in [9.17, 15) is 4.79 Å². The molecule has 0 amide bonds. The van der Waals surface area contributed by atoms with Crippen molar-refractivity contribution in [1.29, 1.82) is 0 Å². The Morgan fingerprint density at radius 2 is 1.85 bits per heavy atom. The molecule has 0 N–H and O–H groups in total. The van der Waals surface area contributed by atoms with Crippen molar-refractivity contribution in [2.24, 2.45) is 0 Å². The fourth-order valence-electron chi connectivity index (χ4n) is 1.31. The second-order valence-corrected chi connectivity index (χ2v) is 7.86. The fourth-order valence-corrected chi connectivity index (χ4v) is 2.23. The number of thioether (sulfide) groups is 1. The van der Waals surface area contributed by atoms with E-state index < -0.39 is 5.60 Å². The topological polar surface area (TPSA) is 52.1 Å². The van der Waals surface area contributed by atoms with Crippen LogP contribution in [0.1, 0.15) is 47.4 Å². The first-order valence-corrected chi connectivity index (χ1v) is 7.73. The van der Waals surface area contributed by atoms with E-state index in [2.05, 4.69) is 9.97 Å². The number of hydrogen-bond acceptors (Lipinski definition) is 5. The maximum absolute atomic E-state index is 11.7. The maximum Gasteiger partial charge on any atom is 0.316 e. The van der Waals surface area contributed by atoms with Crippen LogP contribution in [0, 0.1) is 0 Å². The first-order chi connectivity index (χ1) is 8.97. The molecule has 0 saturated heterocycles. The summed E-state index contributed by atoms with van der Waals surface area (Å²) in [6, 6.07) is 1.66. The highest BCUT2D eigenvalue weighted by atomic mass is 35.5. The number of hydrogen-bond donors (Lipinski definition) is 0. The van der Waals surface area contributed by atoms with Gasteiger partial charge < -0.3 is 4.74 Å². The van der Waals surface area contributed by atoms with E-state index in [-0.39, 0.29) is 17.1 Å². The predicted molar refractivity (Wildman–Crippen MR) is 82.3 cm³/mol. The summed E-state index contributed by atoms with van der Waals surface area (Å²) in [5.74, 6) is 0.597. The number of aromatic nitrogens is 2. The highest BCUT2D eigenvalue weighted by Crippen LogP contribution is 2.25. The molecule has 20 heavy (non-hydrogen) atoms. The minimum absolute atomic E-state index is 0.188. The number of rotatable bonds is 3. The van der Waals surface area contributed by atoms with Crippen LogP contribution in [0.3, 0.4) is 0 Å². The summed E-state index contributed by atoms with van der Waals surface area (Å²) < 4.78 is 5.25. The normalized spacial score (nSPS) is 12.3. The van der Waals surface area contributed by atoms with Crippen LogP contribution < -0.4 is 0 Å². The molecule has 0 radical (unpaired) electrons. The Labute approximate surface area is 129 Å². The van der Waals surface area contributed by atoms with E-state index in [1.165, 1.54) is 11.8 Å². The molecular weight excluding hydrogens is 296 g/mol. The van der Waals surface area contributed by atoms with Crippen molar-refractivity contribution in [3.63, 3.8) is 0 Å². The lowest BCUT2D eigenvalue weighted by atomic mass is 9.96. The van der Waals surface area contributed by atoms with Crippen LogP contribution in [0.4, 0.5) is 0 Å². The SMILES string of the molecule is CC(C)(C)OC(=O)CSc1cc(Cl)nc(C(C)(C)C)n1. The summed E-state index contributed by atoms with van der Waals surface area (Å²) in [6.45, 7) is 11.6. The number of halogens is 1. The Morgan fingerprint density at radius 1 is 1.25 bits per heavy atom. The Morgan fingerprint density at radius 3 is 2.35 bits per heavy atom. The summed E-state index contributed by atoms with van der Waals surface area (Å²) in [5, 5.41) is 1.07. The lowest BCUT2D eigenvalue weighted by Gasteiger charge is -2.19. The minimum Gasteiger partial charge on any atom is -0.459 e. The van der Waals surface area contributed by atoms with Crippen LogP contribution in [-0.2, 0) is 14.9 Å². The molecule has 0 aliphatic carbocycles. The van der Waals surface area contributed by atoms with E-state index in [1.807, 2.05) is 41.5 Å². The summed E-state index contributed by atoms with van der Waals surface area (Å²) >= 11 is 7.30. The molecule has 0 aliphatic heterocycles. The Kier molecular flexibility index (Phi) is 5.44. The molecule has 0 aliphatic rings. The zero-order valence-electron chi connectivity index (χ0n) is 12.8. The monoisotopic (exact) mass is 316 g/mol. The molecule has 0 atom stereocenters. The van der Waals surface area contributed by atoms with Crippen molar-refractivity contribution in [3.8, 4) is 0 Å². The van der Waals surface area contributed by atoms with E-state index in [4.69, 9.17) is 16.3 Å². The smallest absolute Gasteiger partial charge is 0.316 e. The van der Waals surface area contributed by atoms with Crippen LogP contribution in [-0.4, -0.2) is 27.3 Å². The highest BCUT2D eigenvalue weighted by Gasteiger charge is 2.20. The molecule has 112 valence electrons. The minimum atomic E-state index is -0.475. The molecule has 0 fully saturated rings. The predicted octanol–water partition coefficient (Wildman–Crippen LogP) is 3.86. The van der Waals surface area contributed by atoms with E-state index in [0.717, 1.165) is 0 Å². The van der Waals surface area contributed by atoms with E-state index >= 15 is 0 Å². The molecular formula is C14H21ClN2O2S. The third kappa shape index (κ3) is 6.09. The Bertz CT molecular complexity index is 493. The van der Waals surface area contributed by atoms with Crippen molar-refractivity contribution in [1.82, 2.24) is 9.97 Å². The molecule has 1 aromatic rings. The molecule has 0 spiro atoms. The van der Waals surface area contributed by atoms with Gasteiger partial charge in [-0.2, -0.15) is 0 Å². The van der Waals surface area contributed by atoms with Gasteiger partial charge in [-0.1, -0.05) is 44.1 Å². The molecule has 1 heterocycles. The number of ether oxygens (including phenoxy) is 1. The van der Waals surface area contributed by atoms with Gasteiger partial charge >= 0.3 is 5.97 Å². The van der Waals surface area contributed by atoms with Gasteiger partial charge in [0.15, 0.2) is 0 Å². The maximum atomic E-state index is 11.7.